The Morgan fingerprint density at radius 3 is 2.08 bits per heavy atom. The summed E-state index contributed by atoms with van der Waals surface area (Å²) in [6.07, 6.45) is 7.78. The highest BCUT2D eigenvalue weighted by Gasteiger charge is 2.60. The van der Waals surface area contributed by atoms with Gasteiger partial charge < -0.3 is 5.11 Å². The van der Waals surface area contributed by atoms with Gasteiger partial charge in [-0.1, -0.05) is 13.3 Å². The topological polar surface area (TPSA) is 37.3 Å². The van der Waals surface area contributed by atoms with Crippen LogP contribution in [0.25, 0.3) is 0 Å². The molecular formula is C11H18O2. The lowest BCUT2D eigenvalue weighted by Crippen LogP contribution is -2.39. The second-order valence-electron chi connectivity index (χ2n) is 4.84. The zero-order valence-corrected chi connectivity index (χ0v) is 8.31. The first-order valence-electron chi connectivity index (χ1n) is 5.36. The minimum absolute atomic E-state index is 0.214. The summed E-state index contributed by atoms with van der Waals surface area (Å²) in [5.41, 5.74) is 0.636. The van der Waals surface area contributed by atoms with Crippen LogP contribution in [0.1, 0.15) is 51.9 Å². The molecule has 0 aromatic carbocycles. The Morgan fingerprint density at radius 1 is 1.23 bits per heavy atom. The van der Waals surface area contributed by atoms with Crippen molar-refractivity contribution < 1.29 is 9.90 Å². The van der Waals surface area contributed by atoms with E-state index in [0.29, 0.717) is 11.8 Å². The van der Waals surface area contributed by atoms with E-state index in [1.807, 2.05) is 0 Å². The fourth-order valence-corrected chi connectivity index (χ4v) is 3.20. The van der Waals surface area contributed by atoms with Crippen molar-refractivity contribution in [2.45, 2.75) is 51.9 Å². The van der Waals surface area contributed by atoms with Crippen molar-refractivity contribution in [1.82, 2.24) is 0 Å². The minimum atomic E-state index is -0.600. The number of carbonyl (C=O) groups is 1. The van der Waals surface area contributed by atoms with Gasteiger partial charge in [0.05, 0.1) is 6.42 Å². The van der Waals surface area contributed by atoms with Crippen molar-refractivity contribution in [1.29, 1.82) is 0 Å². The van der Waals surface area contributed by atoms with Crippen LogP contribution in [0.15, 0.2) is 0 Å². The average molecular weight is 182 g/mol. The molecule has 74 valence electrons. The second-order valence-corrected chi connectivity index (χ2v) is 4.84. The van der Waals surface area contributed by atoms with Gasteiger partial charge in [-0.15, -0.1) is 0 Å². The minimum Gasteiger partial charge on any atom is -0.481 e. The van der Waals surface area contributed by atoms with Crippen LogP contribution >= 0.6 is 0 Å². The molecule has 0 aliphatic heterocycles. The molecule has 0 heterocycles. The molecule has 0 amide bonds. The summed E-state index contributed by atoms with van der Waals surface area (Å²) in [6, 6.07) is 0. The van der Waals surface area contributed by atoms with Gasteiger partial charge in [-0.2, -0.15) is 0 Å². The summed E-state index contributed by atoms with van der Waals surface area (Å²) in [5, 5.41) is 8.87. The number of carboxylic acids is 1. The predicted octanol–water partition coefficient (Wildman–Crippen LogP) is 2.82. The molecule has 0 radical (unpaired) electrons. The first-order valence-corrected chi connectivity index (χ1v) is 5.36. The Kier molecular flexibility index (Phi) is 1.90. The zero-order valence-electron chi connectivity index (χ0n) is 8.31. The molecule has 2 nitrogen and oxygen atoms in total. The lowest BCUT2D eigenvalue weighted by molar-refractivity contribution is -0.141. The molecule has 0 spiro atoms. The van der Waals surface area contributed by atoms with Crippen LogP contribution in [0.5, 0.6) is 0 Å². The molecule has 2 rings (SSSR count). The van der Waals surface area contributed by atoms with E-state index in [9.17, 15) is 4.79 Å². The number of hydrogen-bond acceptors (Lipinski definition) is 1. The lowest BCUT2D eigenvalue weighted by Gasteiger charge is -2.48. The third-order valence-electron chi connectivity index (χ3n) is 4.46. The third kappa shape index (κ3) is 1.18. The van der Waals surface area contributed by atoms with Crippen molar-refractivity contribution in [2.24, 2.45) is 10.8 Å². The van der Waals surface area contributed by atoms with E-state index in [1.54, 1.807) is 0 Å². The van der Waals surface area contributed by atoms with Gasteiger partial charge in [0.25, 0.3) is 0 Å². The van der Waals surface area contributed by atoms with Gasteiger partial charge in [-0.3, -0.25) is 4.79 Å². The van der Waals surface area contributed by atoms with Crippen LogP contribution in [-0.2, 0) is 4.79 Å². The molecule has 2 aliphatic rings. The molecule has 2 fully saturated rings. The van der Waals surface area contributed by atoms with Crippen molar-refractivity contribution in [3.8, 4) is 0 Å². The van der Waals surface area contributed by atoms with Gasteiger partial charge >= 0.3 is 5.97 Å². The molecule has 13 heavy (non-hydrogen) atoms. The van der Waals surface area contributed by atoms with E-state index >= 15 is 0 Å². The molecule has 0 atom stereocenters. The van der Waals surface area contributed by atoms with E-state index in [4.69, 9.17) is 5.11 Å². The van der Waals surface area contributed by atoms with E-state index in [2.05, 4.69) is 6.92 Å². The molecule has 0 unspecified atom stereocenters. The first kappa shape index (κ1) is 9.04. The summed E-state index contributed by atoms with van der Waals surface area (Å²) < 4.78 is 0. The fraction of sp³-hybridized carbons (Fsp3) is 0.909. The van der Waals surface area contributed by atoms with E-state index in [-0.39, 0.29) is 5.41 Å². The first-order chi connectivity index (χ1) is 6.14. The molecule has 2 heteroatoms. The summed E-state index contributed by atoms with van der Waals surface area (Å²) in [7, 11) is 0. The zero-order chi connectivity index (χ0) is 9.53. The number of aliphatic carboxylic acids is 1. The highest BCUT2D eigenvalue weighted by molar-refractivity contribution is 5.68. The summed E-state index contributed by atoms with van der Waals surface area (Å²) in [6.45, 7) is 2.22. The molecule has 1 N–H and O–H groups in total. The van der Waals surface area contributed by atoms with Gasteiger partial charge in [0.1, 0.15) is 0 Å². The van der Waals surface area contributed by atoms with E-state index in [0.717, 1.165) is 12.8 Å². The Balaban J connectivity index is 2.09. The molecule has 0 saturated heterocycles. The average Bonchev–Trinajstić information content (AvgIpc) is 2.66. The van der Waals surface area contributed by atoms with Crippen LogP contribution < -0.4 is 0 Å². The van der Waals surface area contributed by atoms with Crippen molar-refractivity contribution in [2.75, 3.05) is 0 Å². The van der Waals surface area contributed by atoms with Crippen LogP contribution in [-0.4, -0.2) is 11.1 Å². The summed E-state index contributed by atoms with van der Waals surface area (Å²) in [5.74, 6) is -0.600. The number of hydrogen-bond donors (Lipinski definition) is 1. The number of carboxylic acid groups (broad SMARTS) is 1. The predicted molar refractivity (Wildman–Crippen MR) is 50.5 cm³/mol. The summed E-state index contributed by atoms with van der Waals surface area (Å²) in [4.78, 5) is 10.8. The second kappa shape index (κ2) is 2.73. The van der Waals surface area contributed by atoms with Crippen LogP contribution in [0.3, 0.4) is 0 Å². The van der Waals surface area contributed by atoms with Gasteiger partial charge in [0.15, 0.2) is 0 Å². The van der Waals surface area contributed by atoms with Crippen molar-refractivity contribution >= 4 is 5.97 Å². The summed E-state index contributed by atoms with van der Waals surface area (Å²) >= 11 is 0. The maximum atomic E-state index is 10.8. The molecule has 0 aromatic heterocycles. The monoisotopic (exact) mass is 182 g/mol. The normalized spacial score (nSPS) is 27.8. The Morgan fingerprint density at radius 2 is 1.85 bits per heavy atom. The van der Waals surface area contributed by atoms with Gasteiger partial charge in [0.2, 0.25) is 0 Å². The van der Waals surface area contributed by atoms with Gasteiger partial charge in [-0.05, 0) is 42.9 Å². The lowest BCUT2D eigenvalue weighted by atomic mass is 9.56. The highest BCUT2D eigenvalue weighted by atomic mass is 16.4. The molecular weight excluding hydrogens is 164 g/mol. The number of rotatable bonds is 4. The van der Waals surface area contributed by atoms with E-state index < -0.39 is 5.97 Å². The Bertz CT molecular complexity index is 219. The molecule has 2 aliphatic carbocycles. The Labute approximate surface area is 79.3 Å². The fourth-order valence-electron chi connectivity index (χ4n) is 3.20. The smallest absolute Gasteiger partial charge is 0.303 e. The van der Waals surface area contributed by atoms with Crippen LogP contribution in [0, 0.1) is 10.8 Å². The van der Waals surface area contributed by atoms with Crippen LogP contribution in [0.4, 0.5) is 0 Å². The van der Waals surface area contributed by atoms with Gasteiger partial charge in [0, 0.05) is 0 Å². The SMILES string of the molecule is CCC1(C2(CC(=O)O)CC2)CCC1. The quantitative estimate of drug-likeness (QED) is 0.725. The standard InChI is InChI=1S/C11H18O2/c1-2-10(4-3-5-10)11(6-7-11)8-9(12)13/h2-8H2,1H3,(H,12,13). The largest absolute Gasteiger partial charge is 0.481 e. The van der Waals surface area contributed by atoms with Gasteiger partial charge in [-0.25, -0.2) is 0 Å². The molecule has 0 bridgehead atoms. The van der Waals surface area contributed by atoms with E-state index in [1.165, 1.54) is 25.7 Å². The molecule has 0 aromatic rings. The van der Waals surface area contributed by atoms with Crippen LogP contribution in [0.2, 0.25) is 0 Å². The third-order valence-corrected chi connectivity index (χ3v) is 4.46. The highest BCUT2D eigenvalue weighted by Crippen LogP contribution is 2.69. The van der Waals surface area contributed by atoms with Crippen molar-refractivity contribution in [3.63, 3.8) is 0 Å². The maximum Gasteiger partial charge on any atom is 0.303 e. The maximum absolute atomic E-state index is 10.8. The van der Waals surface area contributed by atoms with Crippen molar-refractivity contribution in [3.05, 3.63) is 0 Å². The molecule has 2 saturated carbocycles. The Hall–Kier alpha value is -0.530.